The van der Waals surface area contributed by atoms with Crippen molar-refractivity contribution in [2.24, 2.45) is 0 Å². The van der Waals surface area contributed by atoms with Gasteiger partial charge in [-0.3, -0.25) is 9.59 Å². The molecule has 0 aromatic heterocycles. The van der Waals surface area contributed by atoms with Crippen LogP contribution in [0.2, 0.25) is 0 Å². The van der Waals surface area contributed by atoms with Gasteiger partial charge in [0, 0.05) is 37.8 Å². The van der Waals surface area contributed by atoms with Crippen LogP contribution in [0, 0.1) is 0 Å². The molecule has 0 radical (unpaired) electrons. The fourth-order valence-electron chi connectivity index (χ4n) is 3.53. The summed E-state index contributed by atoms with van der Waals surface area (Å²) in [7, 11) is 1.47. The molecule has 0 aliphatic carbocycles. The molecular formula is C29H45N3O10. The van der Waals surface area contributed by atoms with Crippen molar-refractivity contribution in [3.8, 4) is 0 Å². The quantitative estimate of drug-likeness (QED) is 0.141. The Kier molecular flexibility index (Phi) is 18.6. The Morgan fingerprint density at radius 3 is 1.98 bits per heavy atom. The fourth-order valence-corrected chi connectivity index (χ4v) is 3.53. The molecule has 0 saturated heterocycles. The van der Waals surface area contributed by atoms with Crippen LogP contribution in [0.1, 0.15) is 54.3 Å². The lowest BCUT2D eigenvalue weighted by Crippen LogP contribution is -2.39. The standard InChI is InChI=1S/C29H45N3O10/c1-29(2,3)42-28(37)31-11-14-39-16-18-41-20-19-40-17-15-38-13-10-30-25-9-5-7-23(21-34)26(25)27(36)32(4)24(22-35)8-6-12-33/h5,7,9,12,21-22,24,30H,6,8,10-11,13-20H2,1-4H3,(H,31,37). The highest BCUT2D eigenvalue weighted by atomic mass is 16.6. The van der Waals surface area contributed by atoms with Crippen LogP contribution in [0.4, 0.5) is 10.5 Å². The average molecular weight is 596 g/mol. The largest absolute Gasteiger partial charge is 0.444 e. The number of alkyl carbamates (subject to hydrolysis) is 1. The van der Waals surface area contributed by atoms with Crippen molar-refractivity contribution in [1.29, 1.82) is 0 Å². The van der Waals surface area contributed by atoms with Crippen molar-refractivity contribution < 1.29 is 47.7 Å². The number of likely N-dealkylation sites (N-methyl/N-ethyl adjacent to an activating group) is 1. The second-order valence-electron chi connectivity index (χ2n) is 10.1. The van der Waals surface area contributed by atoms with Crippen LogP contribution in [0.25, 0.3) is 0 Å². The van der Waals surface area contributed by atoms with E-state index >= 15 is 0 Å². The molecule has 1 rings (SSSR count). The highest BCUT2D eigenvalue weighted by molar-refractivity contribution is 6.06. The minimum absolute atomic E-state index is 0.141. The number of nitrogens with zero attached hydrogens (tertiary/aromatic N) is 1. The van der Waals surface area contributed by atoms with Gasteiger partial charge in [-0.15, -0.1) is 0 Å². The highest BCUT2D eigenvalue weighted by Gasteiger charge is 2.25. The molecule has 1 unspecified atom stereocenters. The lowest BCUT2D eigenvalue weighted by Gasteiger charge is -2.25. The van der Waals surface area contributed by atoms with Crippen molar-refractivity contribution in [2.75, 3.05) is 78.3 Å². The number of carbonyl (C=O) groups is 5. The van der Waals surface area contributed by atoms with Gasteiger partial charge < -0.3 is 48.8 Å². The minimum Gasteiger partial charge on any atom is -0.444 e. The van der Waals surface area contributed by atoms with Crippen molar-refractivity contribution in [1.82, 2.24) is 10.2 Å². The van der Waals surface area contributed by atoms with Gasteiger partial charge in [0.25, 0.3) is 5.91 Å². The van der Waals surface area contributed by atoms with E-state index < -0.39 is 23.6 Å². The van der Waals surface area contributed by atoms with E-state index in [2.05, 4.69) is 10.6 Å². The zero-order chi connectivity index (χ0) is 31.2. The average Bonchev–Trinajstić information content (AvgIpc) is 2.95. The van der Waals surface area contributed by atoms with Gasteiger partial charge in [-0.2, -0.15) is 0 Å². The third-order valence-corrected chi connectivity index (χ3v) is 5.59. The van der Waals surface area contributed by atoms with Gasteiger partial charge in [0.2, 0.25) is 0 Å². The zero-order valence-corrected chi connectivity index (χ0v) is 25.1. The maximum absolute atomic E-state index is 13.1. The first-order valence-corrected chi connectivity index (χ1v) is 13.9. The Balaban J connectivity index is 2.20. The molecule has 0 bridgehead atoms. The number of nitrogens with one attached hydrogen (secondary N) is 2. The summed E-state index contributed by atoms with van der Waals surface area (Å²) in [5.41, 5.74) is 0.247. The SMILES string of the molecule is CN(C(=O)c1c(C=O)cccc1NCCOCCOCCOCCOCCNC(=O)OC(C)(C)C)C(C=O)CCC=O. The van der Waals surface area contributed by atoms with Gasteiger partial charge in [-0.25, -0.2) is 4.79 Å². The lowest BCUT2D eigenvalue weighted by molar-refractivity contribution is -0.112. The van der Waals surface area contributed by atoms with Crippen molar-refractivity contribution in [2.45, 2.75) is 45.3 Å². The van der Waals surface area contributed by atoms with Crippen LogP contribution < -0.4 is 10.6 Å². The third-order valence-electron chi connectivity index (χ3n) is 5.59. The van der Waals surface area contributed by atoms with Gasteiger partial charge in [0.1, 0.15) is 18.2 Å². The predicted octanol–water partition coefficient (Wildman–Crippen LogP) is 2.12. The second kappa shape index (κ2) is 21.3. The first-order valence-electron chi connectivity index (χ1n) is 13.9. The molecule has 0 aliphatic rings. The predicted molar refractivity (Wildman–Crippen MR) is 155 cm³/mol. The number of amides is 2. The Bertz CT molecular complexity index is 967. The number of benzene rings is 1. The molecule has 0 spiro atoms. The van der Waals surface area contributed by atoms with E-state index in [4.69, 9.17) is 23.7 Å². The van der Waals surface area contributed by atoms with E-state index in [1.54, 1.807) is 32.9 Å². The molecule has 42 heavy (non-hydrogen) atoms. The number of carbonyl (C=O) groups excluding carboxylic acids is 5. The van der Waals surface area contributed by atoms with Gasteiger partial charge in [-0.1, -0.05) is 12.1 Å². The number of anilines is 1. The Morgan fingerprint density at radius 2 is 1.45 bits per heavy atom. The van der Waals surface area contributed by atoms with Gasteiger partial charge in [-0.05, 0) is 33.3 Å². The molecule has 1 aromatic carbocycles. The minimum atomic E-state index is -0.780. The topological polar surface area (TPSA) is 159 Å². The van der Waals surface area contributed by atoms with Crippen molar-refractivity contribution >= 4 is 36.5 Å². The second-order valence-corrected chi connectivity index (χ2v) is 10.1. The van der Waals surface area contributed by atoms with E-state index in [-0.39, 0.29) is 24.0 Å². The zero-order valence-electron chi connectivity index (χ0n) is 25.1. The highest BCUT2D eigenvalue weighted by Crippen LogP contribution is 2.22. The smallest absolute Gasteiger partial charge is 0.407 e. The maximum Gasteiger partial charge on any atom is 0.407 e. The summed E-state index contributed by atoms with van der Waals surface area (Å²) in [6.45, 7) is 9.10. The van der Waals surface area contributed by atoms with E-state index in [0.29, 0.717) is 90.5 Å². The molecule has 1 aromatic rings. The monoisotopic (exact) mass is 595 g/mol. The van der Waals surface area contributed by atoms with Crippen molar-refractivity contribution in [3.63, 3.8) is 0 Å². The number of hydrogen-bond acceptors (Lipinski definition) is 11. The number of aldehydes is 3. The first kappa shape index (κ1) is 36.6. The van der Waals surface area contributed by atoms with Crippen LogP contribution >= 0.6 is 0 Å². The normalized spacial score (nSPS) is 11.8. The maximum atomic E-state index is 13.1. The molecule has 0 heterocycles. The van der Waals surface area contributed by atoms with Crippen LogP contribution in [0.3, 0.4) is 0 Å². The van der Waals surface area contributed by atoms with Gasteiger partial charge in [0.15, 0.2) is 6.29 Å². The Hall–Kier alpha value is -3.39. The molecule has 236 valence electrons. The van der Waals surface area contributed by atoms with Crippen LogP contribution in [-0.2, 0) is 33.3 Å². The Morgan fingerprint density at radius 1 is 0.881 bits per heavy atom. The molecule has 2 N–H and O–H groups in total. The van der Waals surface area contributed by atoms with E-state index in [9.17, 15) is 24.0 Å². The summed E-state index contributed by atoms with van der Waals surface area (Å²) in [5, 5.41) is 5.71. The van der Waals surface area contributed by atoms with Gasteiger partial charge in [0.05, 0.1) is 64.5 Å². The molecule has 0 saturated carbocycles. The third kappa shape index (κ3) is 15.6. The van der Waals surface area contributed by atoms with E-state index in [1.165, 1.54) is 18.0 Å². The lowest BCUT2D eigenvalue weighted by atomic mass is 10.0. The summed E-state index contributed by atoms with van der Waals surface area (Å²) in [4.78, 5) is 59.6. The fraction of sp³-hybridized carbons (Fsp3) is 0.621. The van der Waals surface area contributed by atoms with Crippen LogP contribution in [-0.4, -0.2) is 120 Å². The number of hydrogen-bond donors (Lipinski definition) is 2. The molecule has 0 aliphatic heterocycles. The molecular weight excluding hydrogens is 550 g/mol. The van der Waals surface area contributed by atoms with Crippen LogP contribution in [0.5, 0.6) is 0 Å². The summed E-state index contributed by atoms with van der Waals surface area (Å²) < 4.78 is 26.9. The summed E-state index contributed by atoms with van der Waals surface area (Å²) in [5.74, 6) is -0.499. The number of rotatable bonds is 23. The van der Waals surface area contributed by atoms with Crippen LogP contribution in [0.15, 0.2) is 18.2 Å². The molecule has 13 heteroatoms. The summed E-state index contributed by atoms with van der Waals surface area (Å²) >= 11 is 0. The first-order chi connectivity index (χ1) is 20.1. The summed E-state index contributed by atoms with van der Waals surface area (Å²) in [6, 6.07) is 4.07. The van der Waals surface area contributed by atoms with E-state index in [1.807, 2.05) is 0 Å². The molecule has 2 amide bonds. The molecule has 0 fully saturated rings. The number of ether oxygens (including phenoxy) is 5. The summed E-state index contributed by atoms with van der Waals surface area (Å²) in [6.07, 6.45) is 1.76. The molecule has 1 atom stereocenters. The van der Waals surface area contributed by atoms with Gasteiger partial charge >= 0.3 is 6.09 Å². The molecule has 13 nitrogen and oxygen atoms in total. The van der Waals surface area contributed by atoms with E-state index in [0.717, 1.165) is 0 Å². The van der Waals surface area contributed by atoms with Crippen molar-refractivity contribution in [3.05, 3.63) is 29.3 Å². The Labute approximate surface area is 247 Å².